The van der Waals surface area contributed by atoms with Gasteiger partial charge in [0.25, 0.3) is 0 Å². The minimum atomic E-state index is -0.394. The van der Waals surface area contributed by atoms with Gasteiger partial charge in [-0.15, -0.1) is 11.3 Å². The molecule has 0 saturated heterocycles. The molecule has 0 bridgehead atoms. The molecule has 0 aliphatic heterocycles. The average molecular weight is 371 g/mol. The molecule has 3 aromatic rings. The van der Waals surface area contributed by atoms with E-state index in [0.717, 1.165) is 17.4 Å². The summed E-state index contributed by atoms with van der Waals surface area (Å²) < 4.78 is 10.6. The normalized spacial score (nSPS) is 10.8. The Morgan fingerprint density at radius 1 is 1.27 bits per heavy atom. The third kappa shape index (κ3) is 4.14. The van der Waals surface area contributed by atoms with Crippen molar-refractivity contribution in [3.8, 4) is 5.75 Å². The lowest BCUT2D eigenvalue weighted by Gasteiger charge is -2.09. The summed E-state index contributed by atoms with van der Waals surface area (Å²) >= 11 is 1.68. The van der Waals surface area contributed by atoms with Gasteiger partial charge in [0.05, 0.1) is 7.11 Å². The van der Waals surface area contributed by atoms with E-state index in [1.54, 1.807) is 24.5 Å². The molecule has 0 aliphatic carbocycles. The Labute approximate surface area is 155 Å². The van der Waals surface area contributed by atoms with Gasteiger partial charge in [-0.2, -0.15) is 0 Å². The van der Waals surface area contributed by atoms with Gasteiger partial charge < -0.3 is 14.5 Å². The molecule has 1 N–H and O–H groups in total. The molecule has 2 heterocycles. The molecule has 2 aromatic heterocycles. The van der Waals surface area contributed by atoms with Gasteiger partial charge in [0.1, 0.15) is 11.3 Å². The Bertz CT molecular complexity index is 960. The summed E-state index contributed by atoms with van der Waals surface area (Å²) in [5, 5.41) is 5.78. The van der Waals surface area contributed by atoms with Gasteiger partial charge in [-0.3, -0.25) is 4.79 Å². The van der Waals surface area contributed by atoms with Crippen molar-refractivity contribution in [2.24, 2.45) is 0 Å². The lowest BCUT2D eigenvalue weighted by atomic mass is 10.0. The van der Waals surface area contributed by atoms with E-state index in [-0.39, 0.29) is 12.3 Å². The predicted octanol–water partition coefficient (Wildman–Crippen LogP) is 3.46. The number of nitrogens with one attached hydrogen (secondary N) is 1. The van der Waals surface area contributed by atoms with Crippen molar-refractivity contribution >= 4 is 28.2 Å². The molecule has 0 spiro atoms. The summed E-state index contributed by atoms with van der Waals surface area (Å²) in [4.78, 5) is 25.6. The van der Waals surface area contributed by atoms with Gasteiger partial charge >= 0.3 is 5.63 Å². The van der Waals surface area contributed by atoms with Gasteiger partial charge in [-0.05, 0) is 48.9 Å². The number of aryl methyl sites for hydroxylation is 1. The lowest BCUT2D eigenvalue weighted by molar-refractivity contribution is -0.121. The summed E-state index contributed by atoms with van der Waals surface area (Å²) in [6.07, 6.45) is 1.45. The molecule has 1 aromatic carbocycles. The minimum Gasteiger partial charge on any atom is -0.497 e. The summed E-state index contributed by atoms with van der Waals surface area (Å²) in [5.41, 5.74) is 1.51. The zero-order valence-electron chi connectivity index (χ0n) is 14.8. The molecule has 0 radical (unpaired) electrons. The van der Waals surface area contributed by atoms with Gasteiger partial charge in [-0.1, -0.05) is 6.07 Å². The van der Waals surface area contributed by atoms with E-state index in [4.69, 9.17) is 9.15 Å². The number of rotatable bonds is 7. The van der Waals surface area contributed by atoms with Crippen LogP contribution in [0.25, 0.3) is 11.0 Å². The smallest absolute Gasteiger partial charge is 0.339 e. The number of carbonyl (C=O) groups is 1. The fourth-order valence-electron chi connectivity index (χ4n) is 2.90. The molecule has 5 nitrogen and oxygen atoms in total. The molecule has 0 fully saturated rings. The largest absolute Gasteiger partial charge is 0.497 e. The molecule has 1 amide bonds. The van der Waals surface area contributed by atoms with Crippen molar-refractivity contribution < 1.29 is 13.9 Å². The van der Waals surface area contributed by atoms with Crippen LogP contribution in [0.2, 0.25) is 0 Å². The Hall–Kier alpha value is -2.60. The fourth-order valence-corrected chi connectivity index (χ4v) is 3.61. The summed E-state index contributed by atoms with van der Waals surface area (Å²) in [6, 6.07) is 9.45. The number of ether oxygens (including phenoxy) is 1. The molecular formula is C20H21NO4S. The van der Waals surface area contributed by atoms with E-state index in [1.807, 2.05) is 30.5 Å². The van der Waals surface area contributed by atoms with E-state index in [0.29, 0.717) is 29.9 Å². The fraction of sp³-hybridized carbons (Fsp3) is 0.300. The topological polar surface area (TPSA) is 68.5 Å². The zero-order valence-corrected chi connectivity index (χ0v) is 15.7. The Kier molecular flexibility index (Phi) is 5.73. The number of amides is 1. The molecule has 0 aliphatic rings. The Morgan fingerprint density at radius 3 is 2.85 bits per heavy atom. The maximum Gasteiger partial charge on any atom is 0.339 e. The van der Waals surface area contributed by atoms with Crippen LogP contribution in [0, 0.1) is 6.92 Å². The van der Waals surface area contributed by atoms with Crippen LogP contribution in [0.5, 0.6) is 5.75 Å². The molecule has 26 heavy (non-hydrogen) atoms. The molecule has 0 atom stereocenters. The number of carbonyl (C=O) groups excluding carboxylic acids is 1. The highest BCUT2D eigenvalue weighted by Gasteiger charge is 2.13. The van der Waals surface area contributed by atoms with E-state index >= 15 is 0 Å². The third-order valence-electron chi connectivity index (χ3n) is 4.37. The second-order valence-corrected chi connectivity index (χ2v) is 7.07. The van der Waals surface area contributed by atoms with Gasteiger partial charge in [0, 0.05) is 34.9 Å². The highest BCUT2D eigenvalue weighted by atomic mass is 32.1. The Morgan fingerprint density at radius 2 is 2.12 bits per heavy atom. The number of methoxy groups -OCH3 is 1. The highest BCUT2D eigenvalue weighted by molar-refractivity contribution is 7.09. The van der Waals surface area contributed by atoms with Gasteiger partial charge in [0.2, 0.25) is 5.91 Å². The van der Waals surface area contributed by atoms with Crippen LogP contribution in [0.4, 0.5) is 0 Å². The summed E-state index contributed by atoms with van der Waals surface area (Å²) in [6.45, 7) is 2.49. The number of benzene rings is 1. The van der Waals surface area contributed by atoms with Crippen LogP contribution < -0.4 is 15.7 Å². The van der Waals surface area contributed by atoms with Crippen molar-refractivity contribution in [3.05, 3.63) is 62.1 Å². The van der Waals surface area contributed by atoms with E-state index in [2.05, 4.69) is 11.4 Å². The SMILES string of the molecule is COc1ccc2c(C)c(CCC(=O)NCCc3cccs3)c(=O)oc2c1. The maximum atomic E-state index is 12.3. The molecule has 136 valence electrons. The van der Waals surface area contributed by atoms with Crippen molar-refractivity contribution in [2.45, 2.75) is 26.2 Å². The second kappa shape index (κ2) is 8.19. The lowest BCUT2D eigenvalue weighted by Crippen LogP contribution is -2.26. The summed E-state index contributed by atoms with van der Waals surface area (Å²) in [7, 11) is 1.57. The first kappa shape index (κ1) is 18.2. The number of thiophene rings is 1. The van der Waals surface area contributed by atoms with E-state index < -0.39 is 5.63 Å². The average Bonchev–Trinajstić information content (AvgIpc) is 3.14. The number of hydrogen-bond donors (Lipinski definition) is 1. The predicted molar refractivity (Wildman–Crippen MR) is 103 cm³/mol. The quantitative estimate of drug-likeness (QED) is 0.646. The second-order valence-electron chi connectivity index (χ2n) is 6.03. The Balaban J connectivity index is 1.64. The van der Waals surface area contributed by atoms with Crippen molar-refractivity contribution in [1.82, 2.24) is 5.32 Å². The van der Waals surface area contributed by atoms with Gasteiger partial charge in [0.15, 0.2) is 0 Å². The van der Waals surface area contributed by atoms with Crippen molar-refractivity contribution in [1.29, 1.82) is 0 Å². The third-order valence-corrected chi connectivity index (χ3v) is 5.31. The van der Waals surface area contributed by atoms with Crippen molar-refractivity contribution in [2.75, 3.05) is 13.7 Å². The maximum absolute atomic E-state index is 12.3. The monoisotopic (exact) mass is 371 g/mol. The number of hydrogen-bond acceptors (Lipinski definition) is 5. The first-order chi connectivity index (χ1) is 12.6. The van der Waals surface area contributed by atoms with Crippen LogP contribution in [0.1, 0.15) is 22.4 Å². The molecule has 0 unspecified atom stereocenters. The van der Waals surface area contributed by atoms with Crippen LogP contribution >= 0.6 is 11.3 Å². The van der Waals surface area contributed by atoms with Gasteiger partial charge in [-0.25, -0.2) is 4.79 Å². The zero-order chi connectivity index (χ0) is 18.5. The van der Waals surface area contributed by atoms with Crippen LogP contribution in [-0.2, 0) is 17.6 Å². The van der Waals surface area contributed by atoms with Crippen LogP contribution in [0.15, 0.2) is 44.9 Å². The molecular weight excluding hydrogens is 350 g/mol. The molecule has 3 rings (SSSR count). The highest BCUT2D eigenvalue weighted by Crippen LogP contribution is 2.24. The van der Waals surface area contributed by atoms with E-state index in [1.165, 1.54) is 4.88 Å². The summed E-state index contributed by atoms with van der Waals surface area (Å²) in [5.74, 6) is 0.577. The molecule has 6 heteroatoms. The first-order valence-corrected chi connectivity index (χ1v) is 9.36. The van der Waals surface area contributed by atoms with Crippen molar-refractivity contribution in [3.63, 3.8) is 0 Å². The van der Waals surface area contributed by atoms with Crippen LogP contribution in [-0.4, -0.2) is 19.6 Å². The standard InChI is InChI=1S/C20H21NO4S/c1-13-16-6-5-14(24-2)12-18(16)25-20(23)17(13)7-8-19(22)21-10-9-15-4-3-11-26-15/h3-6,11-12H,7-10H2,1-2H3,(H,21,22). The number of fused-ring (bicyclic) bond motifs is 1. The van der Waals surface area contributed by atoms with E-state index in [9.17, 15) is 9.59 Å². The minimum absolute atomic E-state index is 0.0600. The first-order valence-electron chi connectivity index (χ1n) is 8.48. The molecule has 0 saturated carbocycles. The van der Waals surface area contributed by atoms with Crippen LogP contribution in [0.3, 0.4) is 0 Å².